The topological polar surface area (TPSA) is 89.4 Å². The lowest BCUT2D eigenvalue weighted by molar-refractivity contribution is -0.384. The first-order valence-electron chi connectivity index (χ1n) is 8.63. The van der Waals surface area contributed by atoms with Crippen LogP contribution in [-0.4, -0.2) is 10.0 Å². The maximum atomic E-state index is 13.1. The summed E-state index contributed by atoms with van der Waals surface area (Å²) in [5.74, 6) is -0.317. The minimum absolute atomic E-state index is 0.0664. The Morgan fingerprint density at radius 3 is 2.47 bits per heavy atom. The number of nitrogens with zero attached hydrogens (tertiary/aromatic N) is 1. The SMILES string of the molecule is Nc1sc(-c2cc([N+](=O)[O-])cc3ccccc23)c(O)c1-c1cccc(C(F)(F)F)c1. The molecule has 0 spiro atoms. The van der Waals surface area contributed by atoms with E-state index in [0.717, 1.165) is 23.5 Å². The Hall–Kier alpha value is -3.59. The first-order chi connectivity index (χ1) is 14.2. The number of hydrogen-bond acceptors (Lipinski definition) is 5. The molecule has 0 saturated carbocycles. The molecule has 0 unspecified atom stereocenters. The van der Waals surface area contributed by atoms with E-state index in [4.69, 9.17) is 5.73 Å². The van der Waals surface area contributed by atoms with Crippen molar-refractivity contribution in [1.29, 1.82) is 0 Å². The molecule has 1 aromatic heterocycles. The largest absolute Gasteiger partial charge is 0.506 e. The zero-order valence-electron chi connectivity index (χ0n) is 15.1. The molecule has 0 radical (unpaired) electrons. The van der Waals surface area contributed by atoms with Gasteiger partial charge in [0.15, 0.2) is 0 Å². The van der Waals surface area contributed by atoms with Gasteiger partial charge in [0, 0.05) is 17.7 Å². The molecule has 0 aliphatic heterocycles. The van der Waals surface area contributed by atoms with E-state index < -0.39 is 16.7 Å². The van der Waals surface area contributed by atoms with Gasteiger partial charge in [-0.3, -0.25) is 10.1 Å². The van der Waals surface area contributed by atoms with E-state index >= 15 is 0 Å². The van der Waals surface area contributed by atoms with Gasteiger partial charge in [0.2, 0.25) is 0 Å². The molecule has 5 nitrogen and oxygen atoms in total. The first-order valence-corrected chi connectivity index (χ1v) is 9.45. The minimum atomic E-state index is -4.55. The highest BCUT2D eigenvalue weighted by atomic mass is 32.1. The van der Waals surface area contributed by atoms with E-state index in [0.29, 0.717) is 16.3 Å². The lowest BCUT2D eigenvalue weighted by Gasteiger charge is -2.09. The molecule has 0 bridgehead atoms. The number of nitrogens with two attached hydrogens (primary N) is 1. The molecule has 0 saturated heterocycles. The zero-order chi connectivity index (χ0) is 21.6. The monoisotopic (exact) mass is 430 g/mol. The van der Waals surface area contributed by atoms with E-state index in [2.05, 4.69) is 0 Å². The number of fused-ring (bicyclic) bond motifs is 1. The smallest absolute Gasteiger partial charge is 0.416 e. The summed E-state index contributed by atoms with van der Waals surface area (Å²) < 4.78 is 39.3. The number of benzene rings is 3. The summed E-state index contributed by atoms with van der Waals surface area (Å²) in [6, 6.07) is 14.2. The number of non-ortho nitro benzene ring substituents is 1. The van der Waals surface area contributed by atoms with Crippen LogP contribution in [0.25, 0.3) is 32.3 Å². The highest BCUT2D eigenvalue weighted by Crippen LogP contribution is 2.51. The number of nitro groups is 1. The molecule has 3 aromatic carbocycles. The molecule has 9 heteroatoms. The standard InChI is InChI=1S/C21H13F3N2O3S/c22-21(23,24)13-6-3-5-12(8-13)17-18(27)19(30-20(17)25)16-10-14(26(28)29)9-11-4-1-2-7-15(11)16/h1-10,27H,25H2. The van der Waals surface area contributed by atoms with Gasteiger partial charge in [0.25, 0.3) is 5.69 Å². The molecule has 1 heterocycles. The molecule has 3 N–H and O–H groups in total. The molecule has 0 atom stereocenters. The highest BCUT2D eigenvalue weighted by molar-refractivity contribution is 7.20. The summed E-state index contributed by atoms with van der Waals surface area (Å²) in [4.78, 5) is 11.1. The fourth-order valence-corrected chi connectivity index (χ4v) is 4.35. The van der Waals surface area contributed by atoms with Gasteiger partial charge in [-0.1, -0.05) is 36.4 Å². The third-order valence-corrected chi connectivity index (χ3v) is 5.73. The van der Waals surface area contributed by atoms with E-state index in [-0.39, 0.29) is 32.4 Å². The van der Waals surface area contributed by atoms with Gasteiger partial charge < -0.3 is 10.8 Å². The van der Waals surface area contributed by atoms with Crippen molar-refractivity contribution in [2.75, 3.05) is 5.73 Å². The van der Waals surface area contributed by atoms with Crippen LogP contribution in [0, 0.1) is 10.1 Å². The number of aromatic hydroxyl groups is 1. The molecular weight excluding hydrogens is 417 g/mol. The van der Waals surface area contributed by atoms with Crippen LogP contribution in [0.3, 0.4) is 0 Å². The first kappa shape index (κ1) is 19.7. The van der Waals surface area contributed by atoms with Crippen LogP contribution in [0.15, 0.2) is 60.7 Å². The quantitative estimate of drug-likeness (QED) is 0.289. The number of hydrogen-bond donors (Lipinski definition) is 2. The Balaban J connectivity index is 1.96. The third-order valence-electron chi connectivity index (χ3n) is 4.69. The fraction of sp³-hybridized carbons (Fsp3) is 0.0476. The van der Waals surface area contributed by atoms with Crippen molar-refractivity contribution in [2.24, 2.45) is 0 Å². The van der Waals surface area contributed by atoms with Gasteiger partial charge in [-0.25, -0.2) is 0 Å². The number of alkyl halides is 3. The second-order valence-electron chi connectivity index (χ2n) is 6.57. The van der Waals surface area contributed by atoms with Gasteiger partial charge in [0.1, 0.15) is 5.75 Å². The van der Waals surface area contributed by atoms with E-state index in [9.17, 15) is 28.4 Å². The van der Waals surface area contributed by atoms with E-state index in [1.54, 1.807) is 24.3 Å². The molecule has 0 aliphatic carbocycles. The van der Waals surface area contributed by atoms with E-state index in [1.165, 1.54) is 24.3 Å². The zero-order valence-corrected chi connectivity index (χ0v) is 15.9. The molecule has 4 aromatic rings. The lowest BCUT2D eigenvalue weighted by atomic mass is 9.99. The maximum absolute atomic E-state index is 13.1. The summed E-state index contributed by atoms with van der Waals surface area (Å²) in [5, 5.41) is 23.6. The number of anilines is 1. The number of halogens is 3. The van der Waals surface area contributed by atoms with Gasteiger partial charge in [-0.2, -0.15) is 13.2 Å². The Labute approximate surface area is 172 Å². The predicted molar refractivity (Wildman–Crippen MR) is 110 cm³/mol. The van der Waals surface area contributed by atoms with Crippen molar-refractivity contribution in [3.63, 3.8) is 0 Å². The van der Waals surface area contributed by atoms with Crippen LogP contribution < -0.4 is 5.73 Å². The molecule has 152 valence electrons. The summed E-state index contributed by atoms with van der Waals surface area (Å²) in [6.07, 6.45) is -4.55. The van der Waals surface area contributed by atoms with Crippen molar-refractivity contribution in [2.45, 2.75) is 6.18 Å². The fourth-order valence-electron chi connectivity index (χ4n) is 3.34. The van der Waals surface area contributed by atoms with Crippen molar-refractivity contribution < 1.29 is 23.2 Å². The lowest BCUT2D eigenvalue weighted by Crippen LogP contribution is -2.04. The van der Waals surface area contributed by atoms with Gasteiger partial charge in [-0.05, 0) is 28.5 Å². The number of thiophene rings is 1. The van der Waals surface area contributed by atoms with Crippen LogP contribution in [-0.2, 0) is 6.18 Å². The molecule has 0 amide bonds. The Kier molecular flexibility index (Phi) is 4.62. The van der Waals surface area contributed by atoms with Crippen LogP contribution in [0.4, 0.5) is 23.9 Å². The summed E-state index contributed by atoms with van der Waals surface area (Å²) >= 11 is 0.961. The van der Waals surface area contributed by atoms with Crippen molar-refractivity contribution in [3.8, 4) is 27.3 Å². The van der Waals surface area contributed by atoms with Crippen LogP contribution >= 0.6 is 11.3 Å². The number of nitro benzene ring substituents is 1. The second-order valence-corrected chi connectivity index (χ2v) is 7.62. The van der Waals surface area contributed by atoms with E-state index in [1.807, 2.05) is 0 Å². The Morgan fingerprint density at radius 2 is 1.77 bits per heavy atom. The number of rotatable bonds is 3. The average molecular weight is 430 g/mol. The van der Waals surface area contributed by atoms with Gasteiger partial charge in [0.05, 0.1) is 25.9 Å². The van der Waals surface area contributed by atoms with Gasteiger partial charge in [-0.15, -0.1) is 11.3 Å². The summed E-state index contributed by atoms with van der Waals surface area (Å²) in [7, 11) is 0. The summed E-state index contributed by atoms with van der Waals surface area (Å²) in [6.45, 7) is 0. The normalized spacial score (nSPS) is 11.7. The molecule has 0 aliphatic rings. The summed E-state index contributed by atoms with van der Waals surface area (Å²) in [5.41, 5.74) is 5.57. The van der Waals surface area contributed by atoms with Crippen molar-refractivity contribution >= 4 is 32.8 Å². The number of nitrogen functional groups attached to an aromatic ring is 1. The molecule has 0 fully saturated rings. The second kappa shape index (κ2) is 7.03. The molecule has 30 heavy (non-hydrogen) atoms. The molecular formula is C21H13F3N2O3S. The van der Waals surface area contributed by atoms with Crippen molar-refractivity contribution in [1.82, 2.24) is 0 Å². The Bertz CT molecular complexity index is 1300. The Morgan fingerprint density at radius 1 is 1.03 bits per heavy atom. The van der Waals surface area contributed by atoms with Crippen LogP contribution in [0.1, 0.15) is 5.56 Å². The van der Waals surface area contributed by atoms with Gasteiger partial charge >= 0.3 is 6.18 Å². The van der Waals surface area contributed by atoms with Crippen LogP contribution in [0.2, 0.25) is 0 Å². The third kappa shape index (κ3) is 3.33. The maximum Gasteiger partial charge on any atom is 0.416 e. The highest BCUT2D eigenvalue weighted by Gasteiger charge is 2.31. The minimum Gasteiger partial charge on any atom is -0.506 e. The predicted octanol–water partition coefficient (Wildman–Crippen LogP) is 6.45. The van der Waals surface area contributed by atoms with Crippen molar-refractivity contribution in [3.05, 3.63) is 76.3 Å². The average Bonchev–Trinajstić information content (AvgIpc) is 3.00. The van der Waals surface area contributed by atoms with Crippen LogP contribution in [0.5, 0.6) is 5.75 Å². The molecule has 4 rings (SSSR count).